The van der Waals surface area contributed by atoms with Crippen LogP contribution in [0.15, 0.2) is 42.9 Å². The summed E-state index contributed by atoms with van der Waals surface area (Å²) in [5, 5.41) is 11.0. The number of rotatable bonds is 3. The van der Waals surface area contributed by atoms with Gasteiger partial charge in [0.15, 0.2) is 0 Å². The topological polar surface area (TPSA) is 50.7 Å². The summed E-state index contributed by atoms with van der Waals surface area (Å²) >= 11 is 0. The molecule has 0 saturated carbocycles. The molecule has 0 aliphatic carbocycles. The molecule has 0 aliphatic heterocycles. The summed E-state index contributed by atoms with van der Waals surface area (Å²) in [5.74, 6) is 0.779. The lowest BCUT2D eigenvalue weighted by Crippen LogP contribution is -2.08. The summed E-state index contributed by atoms with van der Waals surface area (Å²) < 4.78 is 0. The van der Waals surface area contributed by atoms with Crippen LogP contribution in [-0.2, 0) is 0 Å². The van der Waals surface area contributed by atoms with Crippen molar-refractivity contribution in [2.45, 2.75) is 13.0 Å². The van der Waals surface area contributed by atoms with E-state index in [0.29, 0.717) is 0 Å². The largest absolute Gasteiger partial charge is 0.362 e. The summed E-state index contributed by atoms with van der Waals surface area (Å²) in [4.78, 5) is 3.98. The zero-order chi connectivity index (χ0) is 10.5. The van der Waals surface area contributed by atoms with Gasteiger partial charge in [-0.05, 0) is 36.8 Å². The monoisotopic (exact) mass is 200 g/mol. The minimum atomic E-state index is 0.199. The number of hydrogen-bond acceptors (Lipinski definition) is 4. The van der Waals surface area contributed by atoms with E-state index < -0.39 is 0 Å². The molecule has 2 rings (SSSR count). The Hall–Kier alpha value is -1.97. The second kappa shape index (κ2) is 4.50. The van der Waals surface area contributed by atoms with E-state index in [1.54, 1.807) is 18.6 Å². The fraction of sp³-hybridized carbons (Fsp3) is 0.182. The number of hydrogen-bond donors (Lipinski definition) is 1. The molecular formula is C11H12N4. The maximum atomic E-state index is 3.98. The van der Waals surface area contributed by atoms with Crippen LogP contribution in [0, 0.1) is 0 Å². The minimum Gasteiger partial charge on any atom is -0.362 e. The first-order valence-corrected chi connectivity index (χ1v) is 4.80. The van der Waals surface area contributed by atoms with Gasteiger partial charge in [-0.25, -0.2) is 0 Å². The highest BCUT2D eigenvalue weighted by Gasteiger charge is 2.04. The molecule has 0 amide bonds. The molecular weight excluding hydrogens is 188 g/mol. The zero-order valence-electron chi connectivity index (χ0n) is 8.46. The number of pyridine rings is 1. The second-order valence-corrected chi connectivity index (χ2v) is 3.26. The molecule has 0 aliphatic rings. The molecule has 0 bridgehead atoms. The van der Waals surface area contributed by atoms with Crippen LogP contribution in [0.4, 0.5) is 5.82 Å². The molecule has 76 valence electrons. The molecule has 0 fully saturated rings. The molecule has 0 aromatic carbocycles. The normalized spacial score (nSPS) is 12.1. The van der Waals surface area contributed by atoms with Crippen molar-refractivity contribution in [3.63, 3.8) is 0 Å². The van der Waals surface area contributed by atoms with Gasteiger partial charge < -0.3 is 5.32 Å². The van der Waals surface area contributed by atoms with Crippen LogP contribution in [0.5, 0.6) is 0 Å². The van der Waals surface area contributed by atoms with E-state index in [1.165, 1.54) is 5.56 Å². The first-order chi connectivity index (χ1) is 7.36. The van der Waals surface area contributed by atoms with Gasteiger partial charge in [0.1, 0.15) is 5.82 Å². The van der Waals surface area contributed by atoms with Gasteiger partial charge in [-0.3, -0.25) is 4.98 Å². The summed E-state index contributed by atoms with van der Waals surface area (Å²) in [5.41, 5.74) is 1.18. The average Bonchev–Trinajstić information content (AvgIpc) is 2.31. The van der Waals surface area contributed by atoms with Crippen molar-refractivity contribution in [3.05, 3.63) is 48.4 Å². The lowest BCUT2D eigenvalue weighted by Gasteiger charge is -2.13. The SMILES string of the molecule is CC(Nc1cccnn1)c1ccncc1. The Labute approximate surface area is 88.4 Å². The number of nitrogens with zero attached hydrogens (tertiary/aromatic N) is 3. The predicted molar refractivity (Wildman–Crippen MR) is 58.3 cm³/mol. The summed E-state index contributed by atoms with van der Waals surface area (Å²) in [6, 6.07) is 7.91. The van der Waals surface area contributed by atoms with Gasteiger partial charge >= 0.3 is 0 Å². The van der Waals surface area contributed by atoms with Gasteiger partial charge in [-0.1, -0.05) is 0 Å². The molecule has 1 atom stereocenters. The van der Waals surface area contributed by atoms with Crippen LogP contribution in [0.3, 0.4) is 0 Å². The highest BCUT2D eigenvalue weighted by atomic mass is 15.2. The Morgan fingerprint density at radius 2 is 1.93 bits per heavy atom. The Morgan fingerprint density at radius 3 is 2.60 bits per heavy atom. The average molecular weight is 200 g/mol. The molecule has 2 aromatic heterocycles. The zero-order valence-corrected chi connectivity index (χ0v) is 8.46. The van der Waals surface area contributed by atoms with Crippen molar-refractivity contribution in [1.29, 1.82) is 0 Å². The maximum Gasteiger partial charge on any atom is 0.149 e. The van der Waals surface area contributed by atoms with E-state index in [4.69, 9.17) is 0 Å². The predicted octanol–water partition coefficient (Wildman–Crippen LogP) is 2.04. The van der Waals surface area contributed by atoms with Crippen LogP contribution in [0.25, 0.3) is 0 Å². The molecule has 15 heavy (non-hydrogen) atoms. The quantitative estimate of drug-likeness (QED) is 0.823. The smallest absolute Gasteiger partial charge is 0.149 e. The highest BCUT2D eigenvalue weighted by Crippen LogP contribution is 2.15. The van der Waals surface area contributed by atoms with Crippen molar-refractivity contribution >= 4 is 5.82 Å². The third-order valence-electron chi connectivity index (χ3n) is 2.14. The molecule has 2 heterocycles. The summed E-state index contributed by atoms with van der Waals surface area (Å²) in [6.45, 7) is 2.07. The number of nitrogens with one attached hydrogen (secondary N) is 1. The Balaban J connectivity index is 2.08. The van der Waals surface area contributed by atoms with Crippen molar-refractivity contribution in [3.8, 4) is 0 Å². The third-order valence-corrected chi connectivity index (χ3v) is 2.14. The fourth-order valence-corrected chi connectivity index (χ4v) is 1.34. The summed E-state index contributed by atoms with van der Waals surface area (Å²) in [6.07, 6.45) is 5.22. The van der Waals surface area contributed by atoms with Gasteiger partial charge in [-0.15, -0.1) is 5.10 Å². The van der Waals surface area contributed by atoms with Gasteiger partial charge in [-0.2, -0.15) is 5.10 Å². The molecule has 1 N–H and O–H groups in total. The molecule has 1 unspecified atom stereocenters. The van der Waals surface area contributed by atoms with E-state index >= 15 is 0 Å². The van der Waals surface area contributed by atoms with Crippen molar-refractivity contribution in [2.75, 3.05) is 5.32 Å². The molecule has 0 spiro atoms. The highest BCUT2D eigenvalue weighted by molar-refractivity contribution is 5.35. The Morgan fingerprint density at radius 1 is 1.13 bits per heavy atom. The van der Waals surface area contributed by atoms with Crippen LogP contribution in [0.1, 0.15) is 18.5 Å². The molecule has 0 saturated heterocycles. The van der Waals surface area contributed by atoms with E-state index in [-0.39, 0.29) is 6.04 Å². The van der Waals surface area contributed by atoms with Crippen molar-refractivity contribution in [2.24, 2.45) is 0 Å². The van der Waals surface area contributed by atoms with E-state index in [2.05, 4.69) is 27.4 Å². The lowest BCUT2D eigenvalue weighted by molar-refractivity contribution is 0.857. The van der Waals surface area contributed by atoms with E-state index in [1.807, 2.05) is 24.3 Å². The second-order valence-electron chi connectivity index (χ2n) is 3.26. The van der Waals surface area contributed by atoms with E-state index in [0.717, 1.165) is 5.82 Å². The van der Waals surface area contributed by atoms with Crippen molar-refractivity contribution < 1.29 is 0 Å². The molecule has 4 nitrogen and oxygen atoms in total. The maximum absolute atomic E-state index is 3.98. The molecule has 0 radical (unpaired) electrons. The van der Waals surface area contributed by atoms with Gasteiger partial charge in [0, 0.05) is 18.6 Å². The first kappa shape index (κ1) is 9.58. The van der Waals surface area contributed by atoms with Crippen molar-refractivity contribution in [1.82, 2.24) is 15.2 Å². The van der Waals surface area contributed by atoms with Crippen LogP contribution >= 0.6 is 0 Å². The number of anilines is 1. The standard InChI is InChI=1S/C11H12N4/c1-9(10-4-7-12-8-5-10)14-11-3-2-6-13-15-11/h2-9H,1H3,(H,14,15). The Bertz CT molecular complexity index is 401. The summed E-state index contributed by atoms with van der Waals surface area (Å²) in [7, 11) is 0. The molecule has 2 aromatic rings. The fourth-order valence-electron chi connectivity index (χ4n) is 1.34. The lowest BCUT2D eigenvalue weighted by atomic mass is 10.1. The minimum absolute atomic E-state index is 0.199. The number of aromatic nitrogens is 3. The van der Waals surface area contributed by atoms with E-state index in [9.17, 15) is 0 Å². The van der Waals surface area contributed by atoms with Gasteiger partial charge in [0.2, 0.25) is 0 Å². The third kappa shape index (κ3) is 2.49. The van der Waals surface area contributed by atoms with Crippen LogP contribution in [0.2, 0.25) is 0 Å². The Kier molecular flexibility index (Phi) is 2.88. The van der Waals surface area contributed by atoms with Crippen LogP contribution in [-0.4, -0.2) is 15.2 Å². The van der Waals surface area contributed by atoms with Crippen LogP contribution < -0.4 is 5.32 Å². The van der Waals surface area contributed by atoms with Gasteiger partial charge in [0.05, 0.1) is 6.04 Å². The van der Waals surface area contributed by atoms with Gasteiger partial charge in [0.25, 0.3) is 0 Å². The first-order valence-electron chi connectivity index (χ1n) is 4.80. The molecule has 4 heteroatoms.